The number of hydrogen-bond donors (Lipinski definition) is 1. The summed E-state index contributed by atoms with van der Waals surface area (Å²) < 4.78 is 0. The van der Waals surface area contributed by atoms with Crippen LogP contribution in [-0.2, 0) is 0 Å². The van der Waals surface area contributed by atoms with Gasteiger partial charge in [0.05, 0.1) is 11.2 Å². The van der Waals surface area contributed by atoms with Gasteiger partial charge in [0.15, 0.2) is 0 Å². The fourth-order valence-corrected chi connectivity index (χ4v) is 2.21. The average Bonchev–Trinajstić information content (AvgIpc) is 2.43. The number of para-hydroxylation sites is 1. The van der Waals surface area contributed by atoms with Gasteiger partial charge in [-0.2, -0.15) is 0 Å². The molecule has 0 aliphatic heterocycles. The second kappa shape index (κ2) is 4.90. The van der Waals surface area contributed by atoms with Crippen LogP contribution in [0.15, 0.2) is 54.7 Å². The van der Waals surface area contributed by atoms with Crippen LogP contribution in [0, 0.1) is 6.92 Å². The van der Waals surface area contributed by atoms with E-state index in [0.29, 0.717) is 0 Å². The monoisotopic (exact) mass is 268 g/mol. The highest BCUT2D eigenvalue weighted by Gasteiger charge is 2.03. The lowest BCUT2D eigenvalue weighted by Crippen LogP contribution is -1.93. The molecule has 3 rings (SSSR count). The topological polar surface area (TPSA) is 24.9 Å². The van der Waals surface area contributed by atoms with E-state index in [-0.39, 0.29) is 0 Å². The van der Waals surface area contributed by atoms with Gasteiger partial charge < -0.3 is 5.32 Å². The Bertz CT molecular complexity index is 732. The highest BCUT2D eigenvalue weighted by molar-refractivity contribution is 6.31. The number of aryl methyl sites for hydroxylation is 1. The molecule has 0 saturated carbocycles. The minimum Gasteiger partial charge on any atom is -0.354 e. The summed E-state index contributed by atoms with van der Waals surface area (Å²) in [7, 11) is 0. The highest BCUT2D eigenvalue weighted by Crippen LogP contribution is 2.27. The van der Waals surface area contributed by atoms with Crippen LogP contribution in [0.2, 0.25) is 5.02 Å². The summed E-state index contributed by atoms with van der Waals surface area (Å²) in [6.07, 6.45) is 1.80. The van der Waals surface area contributed by atoms with Crippen molar-refractivity contribution in [2.45, 2.75) is 6.92 Å². The molecule has 1 aromatic heterocycles. The average molecular weight is 269 g/mol. The summed E-state index contributed by atoms with van der Waals surface area (Å²) >= 11 is 6.14. The lowest BCUT2D eigenvalue weighted by atomic mass is 10.1. The Kier molecular flexibility index (Phi) is 3.10. The molecule has 0 aliphatic carbocycles. The molecule has 0 atom stereocenters. The molecule has 0 aliphatic rings. The van der Waals surface area contributed by atoms with Crippen LogP contribution in [0.5, 0.6) is 0 Å². The molecular formula is C16H13ClN2. The van der Waals surface area contributed by atoms with Crippen LogP contribution in [-0.4, -0.2) is 4.98 Å². The van der Waals surface area contributed by atoms with E-state index in [4.69, 9.17) is 11.6 Å². The van der Waals surface area contributed by atoms with Crippen molar-refractivity contribution in [3.8, 4) is 0 Å². The lowest BCUT2D eigenvalue weighted by Gasteiger charge is -2.10. The molecule has 3 heteroatoms. The number of hydrogen-bond acceptors (Lipinski definition) is 2. The van der Waals surface area contributed by atoms with Crippen molar-refractivity contribution in [2.75, 3.05) is 5.32 Å². The zero-order valence-electron chi connectivity index (χ0n) is 10.5. The molecule has 0 fully saturated rings. The first-order chi connectivity index (χ1) is 9.24. The third-order valence-corrected chi connectivity index (χ3v) is 3.49. The van der Waals surface area contributed by atoms with E-state index >= 15 is 0 Å². The molecule has 3 aromatic rings. The van der Waals surface area contributed by atoms with Gasteiger partial charge in [0.2, 0.25) is 0 Å². The predicted molar refractivity (Wildman–Crippen MR) is 81.2 cm³/mol. The summed E-state index contributed by atoms with van der Waals surface area (Å²) in [6, 6.07) is 16.0. The quantitative estimate of drug-likeness (QED) is 0.712. The maximum Gasteiger partial charge on any atom is 0.0936 e. The van der Waals surface area contributed by atoms with Crippen molar-refractivity contribution < 1.29 is 0 Å². The molecule has 94 valence electrons. The van der Waals surface area contributed by atoms with Gasteiger partial charge in [-0.3, -0.25) is 4.98 Å². The van der Waals surface area contributed by atoms with E-state index in [0.717, 1.165) is 32.9 Å². The summed E-state index contributed by atoms with van der Waals surface area (Å²) in [5, 5.41) is 5.25. The summed E-state index contributed by atoms with van der Waals surface area (Å²) in [4.78, 5) is 4.42. The number of fused-ring (bicyclic) bond motifs is 1. The fraction of sp³-hybridized carbons (Fsp3) is 0.0625. The van der Waals surface area contributed by atoms with Crippen molar-refractivity contribution in [1.82, 2.24) is 4.98 Å². The zero-order chi connectivity index (χ0) is 13.2. The number of nitrogens with zero attached hydrogens (tertiary/aromatic N) is 1. The number of anilines is 2. The molecule has 0 unspecified atom stereocenters. The number of pyridine rings is 1. The third kappa shape index (κ3) is 2.40. The van der Waals surface area contributed by atoms with E-state index in [1.165, 1.54) is 0 Å². The van der Waals surface area contributed by atoms with Crippen LogP contribution in [0.25, 0.3) is 10.9 Å². The molecule has 0 bridgehead atoms. The first kappa shape index (κ1) is 12.0. The van der Waals surface area contributed by atoms with Gasteiger partial charge in [0.1, 0.15) is 0 Å². The van der Waals surface area contributed by atoms with Crippen LogP contribution < -0.4 is 5.32 Å². The smallest absolute Gasteiger partial charge is 0.0936 e. The minimum absolute atomic E-state index is 0.762. The first-order valence-electron chi connectivity index (χ1n) is 6.11. The second-order valence-electron chi connectivity index (χ2n) is 4.47. The second-order valence-corrected chi connectivity index (χ2v) is 4.88. The van der Waals surface area contributed by atoms with Gasteiger partial charge in [-0.1, -0.05) is 35.9 Å². The minimum atomic E-state index is 0.762. The SMILES string of the molecule is Cc1ccc(Nc2cccc3cccnc23)cc1Cl. The predicted octanol–water partition coefficient (Wildman–Crippen LogP) is 4.94. The summed E-state index contributed by atoms with van der Waals surface area (Å²) in [5.74, 6) is 0. The molecule has 1 N–H and O–H groups in total. The van der Waals surface area contributed by atoms with Crippen molar-refractivity contribution in [2.24, 2.45) is 0 Å². The molecule has 2 aromatic carbocycles. The Labute approximate surface area is 117 Å². The van der Waals surface area contributed by atoms with Gasteiger partial charge >= 0.3 is 0 Å². The number of halogens is 1. The maximum atomic E-state index is 6.14. The Morgan fingerprint density at radius 2 is 1.89 bits per heavy atom. The molecule has 0 radical (unpaired) electrons. The van der Waals surface area contributed by atoms with Crippen LogP contribution >= 0.6 is 11.6 Å². The standard InChI is InChI=1S/C16H13ClN2/c1-11-7-8-13(10-14(11)17)19-15-6-2-4-12-5-3-9-18-16(12)15/h2-10,19H,1H3. The van der Waals surface area contributed by atoms with Crippen LogP contribution in [0.1, 0.15) is 5.56 Å². The Hall–Kier alpha value is -2.06. The van der Waals surface area contributed by atoms with Crippen molar-refractivity contribution >= 4 is 33.9 Å². The number of aromatic nitrogens is 1. The molecule has 2 nitrogen and oxygen atoms in total. The van der Waals surface area contributed by atoms with Crippen LogP contribution in [0.3, 0.4) is 0 Å². The third-order valence-electron chi connectivity index (χ3n) is 3.08. The van der Waals surface area contributed by atoms with E-state index in [9.17, 15) is 0 Å². The van der Waals surface area contributed by atoms with Gasteiger partial charge in [0, 0.05) is 22.3 Å². The largest absolute Gasteiger partial charge is 0.354 e. The van der Waals surface area contributed by atoms with Gasteiger partial charge in [-0.05, 0) is 36.8 Å². The molecule has 0 amide bonds. The van der Waals surface area contributed by atoms with E-state index < -0.39 is 0 Å². The number of rotatable bonds is 2. The van der Waals surface area contributed by atoms with Crippen molar-refractivity contribution in [1.29, 1.82) is 0 Å². The molecular weight excluding hydrogens is 256 g/mol. The van der Waals surface area contributed by atoms with E-state index in [1.54, 1.807) is 6.20 Å². The zero-order valence-corrected chi connectivity index (χ0v) is 11.3. The number of benzene rings is 2. The maximum absolute atomic E-state index is 6.14. The molecule has 19 heavy (non-hydrogen) atoms. The number of nitrogens with one attached hydrogen (secondary N) is 1. The molecule has 1 heterocycles. The lowest BCUT2D eigenvalue weighted by molar-refractivity contribution is 1.40. The molecule has 0 saturated heterocycles. The van der Waals surface area contributed by atoms with Crippen molar-refractivity contribution in [3.63, 3.8) is 0 Å². The normalized spacial score (nSPS) is 10.6. The Balaban J connectivity index is 2.03. The van der Waals surface area contributed by atoms with E-state index in [1.807, 2.05) is 43.3 Å². The van der Waals surface area contributed by atoms with Crippen LogP contribution in [0.4, 0.5) is 11.4 Å². The van der Waals surface area contributed by atoms with E-state index in [2.05, 4.69) is 22.4 Å². The van der Waals surface area contributed by atoms with Crippen molar-refractivity contribution in [3.05, 3.63) is 65.3 Å². The molecule has 0 spiro atoms. The fourth-order valence-electron chi connectivity index (χ4n) is 2.03. The Morgan fingerprint density at radius 3 is 2.74 bits per heavy atom. The highest BCUT2D eigenvalue weighted by atomic mass is 35.5. The summed E-state index contributed by atoms with van der Waals surface area (Å²) in [6.45, 7) is 1.99. The van der Waals surface area contributed by atoms with Gasteiger partial charge in [0.25, 0.3) is 0 Å². The summed E-state index contributed by atoms with van der Waals surface area (Å²) in [5.41, 5.74) is 3.98. The Morgan fingerprint density at radius 1 is 1.05 bits per heavy atom. The van der Waals surface area contributed by atoms with Gasteiger partial charge in [-0.25, -0.2) is 0 Å². The van der Waals surface area contributed by atoms with Gasteiger partial charge in [-0.15, -0.1) is 0 Å². The first-order valence-corrected chi connectivity index (χ1v) is 6.49.